The molecule has 2 atom stereocenters. The first-order chi connectivity index (χ1) is 8.30. The first kappa shape index (κ1) is 15.7. The predicted octanol–water partition coefficient (Wildman–Crippen LogP) is 1.46. The van der Waals surface area contributed by atoms with Crippen LogP contribution in [0.1, 0.15) is 26.2 Å². The Morgan fingerprint density at radius 2 is 2.22 bits per heavy atom. The lowest BCUT2D eigenvalue weighted by molar-refractivity contribution is 0.206. The van der Waals surface area contributed by atoms with Gasteiger partial charge in [-0.15, -0.1) is 6.58 Å². The van der Waals surface area contributed by atoms with Gasteiger partial charge >= 0.3 is 0 Å². The fraction of sp³-hybridized carbons (Fsp3) is 0.846. The van der Waals surface area contributed by atoms with Crippen LogP contribution in [0.15, 0.2) is 12.7 Å². The number of hydrogen-bond donors (Lipinski definition) is 1. The first-order valence-electron chi connectivity index (χ1n) is 6.54. The van der Waals surface area contributed by atoms with Crippen LogP contribution in [-0.4, -0.2) is 45.7 Å². The minimum atomic E-state index is -3.04. The Morgan fingerprint density at radius 3 is 2.72 bits per heavy atom. The van der Waals surface area contributed by atoms with Gasteiger partial charge in [-0.1, -0.05) is 13.0 Å². The summed E-state index contributed by atoms with van der Waals surface area (Å²) in [6.45, 7) is 8.30. The van der Waals surface area contributed by atoms with Crippen molar-refractivity contribution in [2.75, 3.05) is 32.9 Å². The van der Waals surface area contributed by atoms with E-state index in [1.165, 1.54) is 6.26 Å². The van der Waals surface area contributed by atoms with E-state index in [-0.39, 0.29) is 5.41 Å². The van der Waals surface area contributed by atoms with Crippen LogP contribution in [0.25, 0.3) is 0 Å². The lowest BCUT2D eigenvalue weighted by atomic mass is 9.78. The molecule has 1 saturated heterocycles. The van der Waals surface area contributed by atoms with Crippen molar-refractivity contribution in [2.24, 2.45) is 11.3 Å². The van der Waals surface area contributed by atoms with Gasteiger partial charge in [0.1, 0.15) is 0 Å². The van der Waals surface area contributed by atoms with Crippen molar-refractivity contribution in [2.45, 2.75) is 26.2 Å². The molecule has 5 heteroatoms. The van der Waals surface area contributed by atoms with E-state index >= 15 is 0 Å². The molecule has 4 nitrogen and oxygen atoms in total. The lowest BCUT2D eigenvalue weighted by Crippen LogP contribution is -2.41. The summed E-state index contributed by atoms with van der Waals surface area (Å²) in [5, 5.41) is 3.19. The molecule has 0 aliphatic carbocycles. The Labute approximate surface area is 111 Å². The smallest absolute Gasteiger partial charge is 0.211 e. The minimum absolute atomic E-state index is 0.0416. The number of nitrogens with zero attached hydrogens (tertiary/aromatic N) is 1. The monoisotopic (exact) mass is 274 g/mol. The second-order valence-corrected chi connectivity index (χ2v) is 7.70. The summed E-state index contributed by atoms with van der Waals surface area (Å²) in [5.41, 5.74) is 0.0416. The van der Waals surface area contributed by atoms with Gasteiger partial charge in [0.2, 0.25) is 10.0 Å². The van der Waals surface area contributed by atoms with E-state index in [1.54, 1.807) is 4.31 Å². The maximum Gasteiger partial charge on any atom is 0.211 e. The highest BCUT2D eigenvalue weighted by molar-refractivity contribution is 7.88. The summed E-state index contributed by atoms with van der Waals surface area (Å²) >= 11 is 0. The van der Waals surface area contributed by atoms with Crippen LogP contribution in [-0.2, 0) is 10.0 Å². The van der Waals surface area contributed by atoms with Gasteiger partial charge in [-0.2, -0.15) is 0 Å². The van der Waals surface area contributed by atoms with Crippen LogP contribution >= 0.6 is 0 Å². The summed E-state index contributed by atoms with van der Waals surface area (Å²) in [4.78, 5) is 0. The highest BCUT2D eigenvalue weighted by Crippen LogP contribution is 2.32. The van der Waals surface area contributed by atoms with Crippen molar-refractivity contribution >= 4 is 10.0 Å². The molecular formula is C13H26N2O2S. The third kappa shape index (κ3) is 4.37. The minimum Gasteiger partial charge on any atom is -0.319 e. The van der Waals surface area contributed by atoms with Crippen LogP contribution < -0.4 is 5.32 Å². The molecule has 1 N–H and O–H groups in total. The zero-order chi connectivity index (χ0) is 13.8. The highest BCUT2D eigenvalue weighted by Gasteiger charge is 2.30. The molecule has 0 radical (unpaired) electrons. The maximum atomic E-state index is 11.6. The molecule has 0 amide bonds. The normalized spacial score (nSPS) is 25.6. The van der Waals surface area contributed by atoms with Crippen molar-refractivity contribution < 1.29 is 8.42 Å². The van der Waals surface area contributed by atoms with Crippen LogP contribution in [0.2, 0.25) is 0 Å². The van der Waals surface area contributed by atoms with Gasteiger partial charge in [-0.25, -0.2) is 12.7 Å². The zero-order valence-electron chi connectivity index (χ0n) is 11.8. The number of sulfonamides is 1. The van der Waals surface area contributed by atoms with Crippen molar-refractivity contribution in [1.29, 1.82) is 0 Å². The summed E-state index contributed by atoms with van der Waals surface area (Å²) in [5.74, 6) is 0.435. The van der Waals surface area contributed by atoms with E-state index in [0.717, 1.165) is 25.8 Å². The third-order valence-electron chi connectivity index (χ3n) is 3.78. The molecule has 0 aromatic heterocycles. The largest absolute Gasteiger partial charge is 0.319 e. The summed E-state index contributed by atoms with van der Waals surface area (Å²) in [6, 6.07) is 0. The summed E-state index contributed by atoms with van der Waals surface area (Å²) < 4.78 is 24.8. The average Bonchev–Trinajstić information content (AvgIpc) is 2.28. The van der Waals surface area contributed by atoms with Gasteiger partial charge in [-0.05, 0) is 37.6 Å². The molecule has 1 rings (SSSR count). The molecule has 0 aromatic carbocycles. The average molecular weight is 274 g/mol. The zero-order valence-corrected chi connectivity index (χ0v) is 12.6. The second-order valence-electron chi connectivity index (χ2n) is 5.72. The Morgan fingerprint density at radius 1 is 1.56 bits per heavy atom. The van der Waals surface area contributed by atoms with Gasteiger partial charge < -0.3 is 5.32 Å². The third-order valence-corrected chi connectivity index (χ3v) is 5.05. The van der Waals surface area contributed by atoms with E-state index in [2.05, 4.69) is 18.8 Å². The Kier molecular flexibility index (Phi) is 5.37. The number of hydrogen-bond acceptors (Lipinski definition) is 3. The Hall–Kier alpha value is -0.390. The van der Waals surface area contributed by atoms with E-state index < -0.39 is 10.0 Å². The van der Waals surface area contributed by atoms with Crippen LogP contribution in [0.4, 0.5) is 0 Å². The Balaban J connectivity index is 2.65. The topological polar surface area (TPSA) is 49.4 Å². The molecule has 1 heterocycles. The van der Waals surface area contributed by atoms with Crippen LogP contribution in [0.3, 0.4) is 0 Å². The fourth-order valence-corrected chi connectivity index (χ4v) is 3.73. The van der Waals surface area contributed by atoms with E-state index in [4.69, 9.17) is 0 Å². The molecule has 0 bridgehead atoms. The van der Waals surface area contributed by atoms with Gasteiger partial charge in [0.15, 0.2) is 0 Å². The van der Waals surface area contributed by atoms with Crippen molar-refractivity contribution in [3.63, 3.8) is 0 Å². The van der Waals surface area contributed by atoms with Gasteiger partial charge in [0.25, 0.3) is 0 Å². The van der Waals surface area contributed by atoms with Crippen molar-refractivity contribution in [3.05, 3.63) is 12.7 Å². The van der Waals surface area contributed by atoms with Gasteiger partial charge in [-0.3, -0.25) is 0 Å². The lowest BCUT2D eigenvalue weighted by Gasteiger charge is -2.36. The highest BCUT2D eigenvalue weighted by atomic mass is 32.2. The predicted molar refractivity (Wildman–Crippen MR) is 76.0 cm³/mol. The Bertz CT molecular complexity index is 380. The quantitative estimate of drug-likeness (QED) is 0.746. The first-order valence-corrected chi connectivity index (χ1v) is 8.39. The second kappa shape index (κ2) is 6.17. The molecule has 0 aromatic rings. The standard InChI is InChI=1S/C13H26N2O2S/c1-5-13(2,11-14-3)9-12-7-6-8-15(10-12)18(4,16)17/h5,12,14H,1,6-11H2,2-4H3. The van der Waals surface area contributed by atoms with E-state index in [9.17, 15) is 8.42 Å². The SMILES string of the molecule is C=CC(C)(CNC)CC1CCCN(S(C)(=O)=O)C1. The van der Waals surface area contributed by atoms with Crippen LogP contribution in [0, 0.1) is 11.3 Å². The number of piperidine rings is 1. The van der Waals surface area contributed by atoms with Crippen molar-refractivity contribution in [3.8, 4) is 0 Å². The van der Waals surface area contributed by atoms with Gasteiger partial charge in [0, 0.05) is 19.6 Å². The van der Waals surface area contributed by atoms with Crippen LogP contribution in [0.5, 0.6) is 0 Å². The molecule has 1 aliphatic rings. The molecule has 106 valence electrons. The molecule has 0 spiro atoms. The molecule has 1 aliphatic heterocycles. The number of rotatable bonds is 6. The summed E-state index contributed by atoms with van der Waals surface area (Å²) in [6.07, 6.45) is 6.35. The van der Waals surface area contributed by atoms with Crippen molar-refractivity contribution in [1.82, 2.24) is 9.62 Å². The number of nitrogens with one attached hydrogen (secondary N) is 1. The molecule has 2 unspecified atom stereocenters. The molecule has 1 fully saturated rings. The van der Waals surface area contributed by atoms with E-state index in [0.29, 0.717) is 19.0 Å². The molecule has 18 heavy (non-hydrogen) atoms. The summed E-state index contributed by atoms with van der Waals surface area (Å²) in [7, 11) is -1.11. The maximum absolute atomic E-state index is 11.6. The van der Waals surface area contributed by atoms with Gasteiger partial charge in [0.05, 0.1) is 6.26 Å². The molecular weight excluding hydrogens is 248 g/mol. The van der Waals surface area contributed by atoms with E-state index in [1.807, 2.05) is 13.1 Å². The fourth-order valence-electron chi connectivity index (χ4n) is 2.79. The molecule has 0 saturated carbocycles.